The SMILES string of the molecule is Cc1nn(C)c(C)c1-c1nc(C(N)C(=O)O)cs1. The lowest BCUT2D eigenvalue weighted by atomic mass is 10.2. The third kappa shape index (κ3) is 2.02. The first-order valence-electron chi connectivity index (χ1n) is 5.36. The van der Waals surface area contributed by atoms with E-state index in [4.69, 9.17) is 10.8 Å². The van der Waals surface area contributed by atoms with Crippen LogP contribution in [0.3, 0.4) is 0 Å². The fourth-order valence-corrected chi connectivity index (χ4v) is 2.76. The van der Waals surface area contributed by atoms with Crippen molar-refractivity contribution in [2.75, 3.05) is 0 Å². The number of nitrogens with zero attached hydrogens (tertiary/aromatic N) is 3. The molecule has 0 radical (unpaired) electrons. The molecule has 1 unspecified atom stereocenters. The first kappa shape index (κ1) is 12.7. The molecule has 7 heteroatoms. The van der Waals surface area contributed by atoms with Gasteiger partial charge in [0.2, 0.25) is 0 Å². The smallest absolute Gasteiger partial charge is 0.326 e. The number of carbonyl (C=O) groups is 1. The largest absolute Gasteiger partial charge is 0.480 e. The van der Waals surface area contributed by atoms with Crippen LogP contribution >= 0.6 is 11.3 Å². The van der Waals surface area contributed by atoms with Gasteiger partial charge in [-0.1, -0.05) is 0 Å². The number of aromatic nitrogens is 3. The fourth-order valence-electron chi connectivity index (χ4n) is 1.75. The summed E-state index contributed by atoms with van der Waals surface area (Å²) in [6, 6.07) is -1.08. The number of carboxylic acid groups (broad SMARTS) is 1. The van der Waals surface area contributed by atoms with Crippen molar-refractivity contribution in [3.8, 4) is 10.6 Å². The van der Waals surface area contributed by atoms with Crippen molar-refractivity contribution in [2.45, 2.75) is 19.9 Å². The second kappa shape index (κ2) is 4.51. The van der Waals surface area contributed by atoms with E-state index in [0.29, 0.717) is 5.69 Å². The van der Waals surface area contributed by atoms with Crippen molar-refractivity contribution in [2.24, 2.45) is 12.8 Å². The van der Waals surface area contributed by atoms with Gasteiger partial charge < -0.3 is 10.8 Å². The van der Waals surface area contributed by atoms with Gasteiger partial charge >= 0.3 is 5.97 Å². The first-order chi connectivity index (χ1) is 8.41. The van der Waals surface area contributed by atoms with E-state index in [9.17, 15) is 4.79 Å². The van der Waals surface area contributed by atoms with Gasteiger partial charge in [0.1, 0.15) is 11.0 Å². The second-order valence-corrected chi connectivity index (χ2v) is 4.92. The Morgan fingerprint density at radius 2 is 2.22 bits per heavy atom. The Bertz CT molecular complexity index is 602. The highest BCUT2D eigenvalue weighted by Crippen LogP contribution is 2.30. The summed E-state index contributed by atoms with van der Waals surface area (Å²) in [4.78, 5) is 15.1. The maximum atomic E-state index is 10.8. The van der Waals surface area contributed by atoms with Crippen molar-refractivity contribution < 1.29 is 9.90 Å². The fraction of sp³-hybridized carbons (Fsp3) is 0.364. The first-order valence-corrected chi connectivity index (χ1v) is 6.24. The van der Waals surface area contributed by atoms with E-state index < -0.39 is 12.0 Å². The highest BCUT2D eigenvalue weighted by atomic mass is 32.1. The van der Waals surface area contributed by atoms with Crippen molar-refractivity contribution in [1.82, 2.24) is 14.8 Å². The van der Waals surface area contributed by atoms with E-state index in [1.165, 1.54) is 11.3 Å². The lowest BCUT2D eigenvalue weighted by Gasteiger charge is -2.01. The van der Waals surface area contributed by atoms with Crippen LogP contribution in [0.4, 0.5) is 0 Å². The zero-order chi connectivity index (χ0) is 13.4. The molecule has 0 spiro atoms. The Morgan fingerprint density at radius 3 is 2.72 bits per heavy atom. The summed E-state index contributed by atoms with van der Waals surface area (Å²) in [5.41, 5.74) is 8.74. The predicted molar refractivity (Wildman–Crippen MR) is 68.4 cm³/mol. The van der Waals surface area contributed by atoms with Gasteiger partial charge in [0.05, 0.1) is 17.0 Å². The average Bonchev–Trinajstić information content (AvgIpc) is 2.84. The summed E-state index contributed by atoms with van der Waals surface area (Å²) < 4.78 is 1.78. The normalized spacial score (nSPS) is 12.7. The quantitative estimate of drug-likeness (QED) is 0.871. The molecule has 96 valence electrons. The van der Waals surface area contributed by atoms with E-state index >= 15 is 0 Å². The lowest BCUT2D eigenvalue weighted by molar-refractivity contribution is -0.138. The second-order valence-electron chi connectivity index (χ2n) is 4.06. The summed E-state index contributed by atoms with van der Waals surface area (Å²) in [7, 11) is 1.86. The third-order valence-corrected chi connectivity index (χ3v) is 3.71. The molecule has 6 nitrogen and oxygen atoms in total. The van der Waals surface area contributed by atoms with Crippen LogP contribution in [-0.4, -0.2) is 25.8 Å². The molecule has 2 rings (SSSR count). The molecule has 0 saturated heterocycles. The van der Waals surface area contributed by atoms with E-state index in [1.54, 1.807) is 10.1 Å². The molecule has 0 saturated carbocycles. The molecule has 3 N–H and O–H groups in total. The van der Waals surface area contributed by atoms with Crippen LogP contribution in [0, 0.1) is 13.8 Å². The monoisotopic (exact) mass is 266 g/mol. The molecule has 0 amide bonds. The molecule has 0 fully saturated rings. The summed E-state index contributed by atoms with van der Waals surface area (Å²) in [5.74, 6) is -1.08. The van der Waals surface area contributed by atoms with Gasteiger partial charge in [-0.05, 0) is 13.8 Å². The van der Waals surface area contributed by atoms with Gasteiger partial charge in [0, 0.05) is 18.1 Å². The Morgan fingerprint density at radius 1 is 1.56 bits per heavy atom. The number of thiazole rings is 1. The minimum Gasteiger partial charge on any atom is -0.480 e. The molecule has 0 aliphatic carbocycles. The molecule has 0 bridgehead atoms. The third-order valence-electron chi connectivity index (χ3n) is 2.83. The average molecular weight is 266 g/mol. The highest BCUT2D eigenvalue weighted by Gasteiger charge is 2.20. The van der Waals surface area contributed by atoms with Crippen molar-refractivity contribution in [3.05, 3.63) is 22.5 Å². The summed E-state index contributed by atoms with van der Waals surface area (Å²) in [5, 5.41) is 15.6. The number of rotatable bonds is 3. The van der Waals surface area contributed by atoms with Gasteiger partial charge in [-0.2, -0.15) is 5.10 Å². The standard InChI is InChI=1S/C11H14N4O2S/c1-5-8(6(2)15(3)14-5)10-13-7(4-18-10)9(12)11(16)17/h4,9H,12H2,1-3H3,(H,16,17). The van der Waals surface area contributed by atoms with Crippen LogP contribution < -0.4 is 5.73 Å². The Labute approximate surface area is 108 Å². The molecule has 2 heterocycles. The molecule has 0 aliphatic heterocycles. The predicted octanol–water partition coefficient (Wildman–Crippen LogP) is 1.24. The number of hydrogen-bond acceptors (Lipinski definition) is 5. The molecule has 1 atom stereocenters. The van der Waals surface area contributed by atoms with Crippen molar-refractivity contribution in [3.63, 3.8) is 0 Å². The number of hydrogen-bond donors (Lipinski definition) is 2. The van der Waals surface area contributed by atoms with Crippen LogP contribution in [0.2, 0.25) is 0 Å². The van der Waals surface area contributed by atoms with Gasteiger partial charge in [-0.15, -0.1) is 11.3 Å². The van der Waals surface area contributed by atoms with Gasteiger partial charge in [0.25, 0.3) is 0 Å². The van der Waals surface area contributed by atoms with E-state index in [1.807, 2.05) is 20.9 Å². The molecular weight excluding hydrogens is 252 g/mol. The van der Waals surface area contributed by atoms with Crippen LogP contribution in [0.15, 0.2) is 5.38 Å². The molecule has 0 aromatic carbocycles. The number of nitrogens with two attached hydrogens (primary N) is 1. The zero-order valence-corrected chi connectivity index (χ0v) is 11.2. The highest BCUT2D eigenvalue weighted by molar-refractivity contribution is 7.13. The molecule has 0 aliphatic rings. The van der Waals surface area contributed by atoms with Crippen molar-refractivity contribution >= 4 is 17.3 Å². The zero-order valence-electron chi connectivity index (χ0n) is 10.3. The Balaban J connectivity index is 2.44. The Hall–Kier alpha value is -1.73. The van der Waals surface area contributed by atoms with Crippen molar-refractivity contribution in [1.29, 1.82) is 0 Å². The van der Waals surface area contributed by atoms with Crippen LogP contribution in [-0.2, 0) is 11.8 Å². The summed E-state index contributed by atoms with van der Waals surface area (Å²) >= 11 is 1.38. The summed E-state index contributed by atoms with van der Waals surface area (Å²) in [6.45, 7) is 3.86. The lowest BCUT2D eigenvalue weighted by Crippen LogP contribution is -2.20. The van der Waals surface area contributed by atoms with E-state index in [0.717, 1.165) is 22.0 Å². The minimum atomic E-state index is -1.08. The van der Waals surface area contributed by atoms with E-state index in [2.05, 4.69) is 10.1 Å². The Kier molecular flexibility index (Phi) is 3.18. The number of aryl methyl sites for hydroxylation is 2. The molecule has 18 heavy (non-hydrogen) atoms. The maximum absolute atomic E-state index is 10.8. The minimum absolute atomic E-state index is 0.380. The van der Waals surface area contributed by atoms with Crippen LogP contribution in [0.5, 0.6) is 0 Å². The number of aliphatic carboxylic acids is 1. The van der Waals surface area contributed by atoms with E-state index in [-0.39, 0.29) is 0 Å². The van der Waals surface area contributed by atoms with Gasteiger partial charge in [0.15, 0.2) is 0 Å². The van der Waals surface area contributed by atoms with Crippen LogP contribution in [0.25, 0.3) is 10.6 Å². The number of carboxylic acids is 1. The topological polar surface area (TPSA) is 94.0 Å². The van der Waals surface area contributed by atoms with Gasteiger partial charge in [-0.3, -0.25) is 9.48 Å². The maximum Gasteiger partial charge on any atom is 0.326 e. The molecular formula is C11H14N4O2S. The molecule has 2 aromatic heterocycles. The summed E-state index contributed by atoms with van der Waals surface area (Å²) in [6.07, 6.45) is 0. The molecule has 2 aromatic rings. The van der Waals surface area contributed by atoms with Gasteiger partial charge in [-0.25, -0.2) is 4.98 Å². The van der Waals surface area contributed by atoms with Crippen LogP contribution in [0.1, 0.15) is 23.1 Å².